The van der Waals surface area contributed by atoms with Gasteiger partial charge in [-0.15, -0.1) is 0 Å². The number of aldehydes is 1. The van der Waals surface area contributed by atoms with Crippen LogP contribution in [0.5, 0.6) is 0 Å². The number of unbranched alkanes of at least 4 members (excludes halogenated alkanes) is 3. The fourth-order valence-electron chi connectivity index (χ4n) is 1.18. The summed E-state index contributed by atoms with van der Waals surface area (Å²) in [6.45, 7) is 3.31. The van der Waals surface area contributed by atoms with Gasteiger partial charge in [-0.1, -0.05) is 6.42 Å². The van der Waals surface area contributed by atoms with E-state index in [1.165, 1.54) is 6.92 Å². The highest BCUT2D eigenvalue weighted by Crippen LogP contribution is 2.07. The molecule has 0 aliphatic rings. The topological polar surface area (TPSA) is 43.4 Å². The van der Waals surface area contributed by atoms with E-state index in [-0.39, 0.29) is 12.1 Å². The van der Waals surface area contributed by atoms with Crippen LogP contribution in [0, 0.1) is 0 Å². The van der Waals surface area contributed by atoms with Crippen molar-refractivity contribution in [2.45, 2.75) is 52.1 Å². The van der Waals surface area contributed by atoms with Crippen molar-refractivity contribution in [2.24, 2.45) is 0 Å². The number of ether oxygens (including phenoxy) is 1. The van der Waals surface area contributed by atoms with Crippen LogP contribution < -0.4 is 0 Å². The Bertz CT molecular complexity index is 154. The standard InChI is InChI=1S/C10H18O3/c1-9(13-10(2)12)7-5-3-4-6-8-11/h8-9H,3-7H2,1-2H3/t9-/m1/s1. The van der Waals surface area contributed by atoms with E-state index >= 15 is 0 Å². The molecule has 0 fully saturated rings. The van der Waals surface area contributed by atoms with Gasteiger partial charge in [-0.05, 0) is 26.2 Å². The van der Waals surface area contributed by atoms with Gasteiger partial charge in [-0.3, -0.25) is 4.79 Å². The average molecular weight is 186 g/mol. The number of carbonyl (C=O) groups is 2. The van der Waals surface area contributed by atoms with E-state index in [4.69, 9.17) is 4.74 Å². The van der Waals surface area contributed by atoms with E-state index in [9.17, 15) is 9.59 Å². The molecule has 13 heavy (non-hydrogen) atoms. The highest BCUT2D eigenvalue weighted by atomic mass is 16.5. The van der Waals surface area contributed by atoms with Gasteiger partial charge in [-0.25, -0.2) is 0 Å². The van der Waals surface area contributed by atoms with Crippen LogP contribution in [0.15, 0.2) is 0 Å². The van der Waals surface area contributed by atoms with Crippen molar-refractivity contribution in [3.63, 3.8) is 0 Å². The number of carbonyl (C=O) groups excluding carboxylic acids is 2. The van der Waals surface area contributed by atoms with Crippen LogP contribution in [0.2, 0.25) is 0 Å². The molecule has 0 aromatic carbocycles. The molecule has 0 unspecified atom stereocenters. The van der Waals surface area contributed by atoms with Gasteiger partial charge in [0.2, 0.25) is 0 Å². The van der Waals surface area contributed by atoms with E-state index < -0.39 is 0 Å². The summed E-state index contributed by atoms with van der Waals surface area (Å²) in [5.74, 6) is -0.222. The van der Waals surface area contributed by atoms with Crippen LogP contribution in [0.4, 0.5) is 0 Å². The Morgan fingerprint density at radius 2 is 2.08 bits per heavy atom. The Morgan fingerprint density at radius 3 is 2.62 bits per heavy atom. The summed E-state index contributed by atoms with van der Waals surface area (Å²) >= 11 is 0. The summed E-state index contributed by atoms with van der Waals surface area (Å²) in [5, 5.41) is 0. The summed E-state index contributed by atoms with van der Waals surface area (Å²) < 4.78 is 4.95. The van der Waals surface area contributed by atoms with Gasteiger partial charge >= 0.3 is 5.97 Å². The normalized spacial score (nSPS) is 12.2. The van der Waals surface area contributed by atoms with Gasteiger partial charge in [0.15, 0.2) is 0 Å². The summed E-state index contributed by atoms with van der Waals surface area (Å²) in [6, 6.07) is 0. The van der Waals surface area contributed by atoms with Gasteiger partial charge < -0.3 is 9.53 Å². The van der Waals surface area contributed by atoms with Crippen molar-refractivity contribution < 1.29 is 14.3 Å². The number of hydrogen-bond donors (Lipinski definition) is 0. The minimum absolute atomic E-state index is 0.00808. The maximum atomic E-state index is 10.5. The lowest BCUT2D eigenvalue weighted by atomic mass is 10.1. The molecule has 0 bridgehead atoms. The van der Waals surface area contributed by atoms with Crippen molar-refractivity contribution in [3.05, 3.63) is 0 Å². The Morgan fingerprint density at radius 1 is 1.38 bits per heavy atom. The molecule has 76 valence electrons. The molecule has 0 heterocycles. The van der Waals surface area contributed by atoms with Gasteiger partial charge in [0.25, 0.3) is 0 Å². The van der Waals surface area contributed by atoms with Crippen molar-refractivity contribution in [2.75, 3.05) is 0 Å². The highest BCUT2D eigenvalue weighted by molar-refractivity contribution is 5.66. The average Bonchev–Trinajstić information content (AvgIpc) is 2.02. The molecule has 0 radical (unpaired) electrons. The highest BCUT2D eigenvalue weighted by Gasteiger charge is 2.03. The molecule has 3 heteroatoms. The first-order chi connectivity index (χ1) is 6.16. The molecular weight excluding hydrogens is 168 g/mol. The van der Waals surface area contributed by atoms with Crippen molar-refractivity contribution in [3.8, 4) is 0 Å². The molecule has 0 aliphatic carbocycles. The molecular formula is C10H18O3. The SMILES string of the molecule is CC(=O)O[C@H](C)CCCCCC=O. The second kappa shape index (κ2) is 7.77. The Hall–Kier alpha value is -0.860. The van der Waals surface area contributed by atoms with E-state index in [1.807, 2.05) is 6.92 Å². The van der Waals surface area contributed by atoms with E-state index in [2.05, 4.69) is 0 Å². The molecule has 0 amide bonds. The molecule has 0 aromatic rings. The third-order valence-electron chi connectivity index (χ3n) is 1.80. The fraction of sp³-hybridized carbons (Fsp3) is 0.800. The van der Waals surface area contributed by atoms with Crippen molar-refractivity contribution in [1.29, 1.82) is 0 Å². The van der Waals surface area contributed by atoms with Crippen LogP contribution in [-0.4, -0.2) is 18.4 Å². The van der Waals surface area contributed by atoms with Gasteiger partial charge in [-0.2, -0.15) is 0 Å². The Kier molecular flexibility index (Phi) is 7.26. The fourth-order valence-corrected chi connectivity index (χ4v) is 1.18. The molecule has 0 rings (SSSR count). The first-order valence-corrected chi connectivity index (χ1v) is 4.77. The first kappa shape index (κ1) is 12.1. The summed E-state index contributed by atoms with van der Waals surface area (Å²) in [4.78, 5) is 20.5. The lowest BCUT2D eigenvalue weighted by molar-refractivity contribution is -0.145. The van der Waals surface area contributed by atoms with E-state index in [0.29, 0.717) is 6.42 Å². The largest absolute Gasteiger partial charge is 0.463 e. The number of hydrogen-bond acceptors (Lipinski definition) is 3. The zero-order chi connectivity index (χ0) is 10.1. The molecule has 1 atom stereocenters. The molecule has 3 nitrogen and oxygen atoms in total. The zero-order valence-electron chi connectivity index (χ0n) is 8.41. The molecule has 0 saturated carbocycles. The second-order valence-electron chi connectivity index (χ2n) is 3.22. The first-order valence-electron chi connectivity index (χ1n) is 4.77. The smallest absolute Gasteiger partial charge is 0.302 e. The van der Waals surface area contributed by atoms with E-state index in [0.717, 1.165) is 32.0 Å². The van der Waals surface area contributed by atoms with Crippen molar-refractivity contribution >= 4 is 12.3 Å². The number of rotatable bonds is 7. The van der Waals surface area contributed by atoms with Gasteiger partial charge in [0, 0.05) is 13.3 Å². The van der Waals surface area contributed by atoms with E-state index in [1.54, 1.807) is 0 Å². The predicted molar refractivity (Wildman–Crippen MR) is 50.4 cm³/mol. The van der Waals surface area contributed by atoms with Gasteiger partial charge in [0.1, 0.15) is 6.29 Å². The van der Waals surface area contributed by atoms with Crippen LogP contribution in [0.3, 0.4) is 0 Å². The molecule has 0 aromatic heterocycles. The summed E-state index contributed by atoms with van der Waals surface area (Å²) in [5.41, 5.74) is 0. The Balaban J connectivity index is 3.21. The third kappa shape index (κ3) is 9.05. The molecule has 0 N–H and O–H groups in total. The van der Waals surface area contributed by atoms with Crippen molar-refractivity contribution in [1.82, 2.24) is 0 Å². The second-order valence-corrected chi connectivity index (χ2v) is 3.22. The lowest BCUT2D eigenvalue weighted by Crippen LogP contribution is -2.11. The minimum Gasteiger partial charge on any atom is -0.463 e. The lowest BCUT2D eigenvalue weighted by Gasteiger charge is -2.10. The van der Waals surface area contributed by atoms with Crippen LogP contribution in [0.1, 0.15) is 46.0 Å². The summed E-state index contributed by atoms with van der Waals surface area (Å²) in [7, 11) is 0. The van der Waals surface area contributed by atoms with Gasteiger partial charge in [0.05, 0.1) is 6.10 Å². The minimum atomic E-state index is -0.222. The Labute approximate surface area is 79.5 Å². The number of esters is 1. The maximum absolute atomic E-state index is 10.5. The molecule has 0 spiro atoms. The van der Waals surface area contributed by atoms with Crippen LogP contribution in [-0.2, 0) is 14.3 Å². The maximum Gasteiger partial charge on any atom is 0.302 e. The quantitative estimate of drug-likeness (QED) is 0.347. The zero-order valence-corrected chi connectivity index (χ0v) is 8.41. The molecule has 0 aliphatic heterocycles. The molecule has 0 saturated heterocycles. The third-order valence-corrected chi connectivity index (χ3v) is 1.80. The predicted octanol–water partition coefficient (Wildman–Crippen LogP) is 2.09. The van der Waals surface area contributed by atoms with Crippen LogP contribution in [0.25, 0.3) is 0 Å². The summed E-state index contributed by atoms with van der Waals surface area (Å²) in [6.07, 6.45) is 5.47. The monoisotopic (exact) mass is 186 g/mol. The van der Waals surface area contributed by atoms with Crippen LogP contribution >= 0.6 is 0 Å².